The third-order valence-electron chi connectivity index (χ3n) is 3.42. The predicted octanol–water partition coefficient (Wildman–Crippen LogP) is 2.90. The fourth-order valence-corrected chi connectivity index (χ4v) is 2.51. The van der Waals surface area contributed by atoms with Crippen molar-refractivity contribution in [2.45, 2.75) is 18.9 Å². The van der Waals surface area contributed by atoms with Crippen molar-refractivity contribution in [1.82, 2.24) is 10.2 Å². The van der Waals surface area contributed by atoms with Crippen molar-refractivity contribution in [1.29, 1.82) is 0 Å². The van der Waals surface area contributed by atoms with E-state index >= 15 is 0 Å². The highest BCUT2D eigenvalue weighted by molar-refractivity contribution is 6.34. The first kappa shape index (κ1) is 12.6. The minimum atomic E-state index is 0.460. The van der Waals surface area contributed by atoms with Gasteiger partial charge in [-0.25, -0.2) is 0 Å². The highest BCUT2D eigenvalue weighted by atomic mass is 35.5. The number of nitrogens with zero attached hydrogens (tertiary/aromatic N) is 3. The van der Waals surface area contributed by atoms with Gasteiger partial charge in [0, 0.05) is 30.5 Å². The maximum atomic E-state index is 6.12. The summed E-state index contributed by atoms with van der Waals surface area (Å²) in [6.07, 6.45) is 2.42. The second-order valence-corrected chi connectivity index (χ2v) is 5.14. The smallest absolute Gasteiger partial charge is 0.159 e. The van der Waals surface area contributed by atoms with Gasteiger partial charge in [-0.2, -0.15) is 0 Å². The lowest BCUT2D eigenvalue weighted by atomic mass is 10.2. The molecule has 1 saturated carbocycles. The molecule has 0 aliphatic heterocycles. The number of fused-ring (bicyclic) bond motifs is 1. The van der Waals surface area contributed by atoms with Crippen molar-refractivity contribution in [3.05, 3.63) is 29.4 Å². The van der Waals surface area contributed by atoms with Crippen LogP contribution in [0.2, 0.25) is 5.15 Å². The molecule has 0 spiro atoms. The fourth-order valence-electron chi connectivity index (χ4n) is 2.31. The van der Waals surface area contributed by atoms with Crippen LogP contribution in [0.15, 0.2) is 24.3 Å². The van der Waals surface area contributed by atoms with Gasteiger partial charge in [-0.05, 0) is 12.8 Å². The molecule has 0 saturated heterocycles. The van der Waals surface area contributed by atoms with E-state index in [0.29, 0.717) is 17.8 Å². The minimum Gasteiger partial charge on any atom is -0.383 e. The lowest BCUT2D eigenvalue weighted by Crippen LogP contribution is -2.30. The van der Waals surface area contributed by atoms with E-state index in [1.54, 1.807) is 7.11 Å². The summed E-state index contributed by atoms with van der Waals surface area (Å²) in [6.45, 7) is 1.52. The lowest BCUT2D eigenvalue weighted by Gasteiger charge is -2.24. The molecule has 4 nitrogen and oxygen atoms in total. The SMILES string of the molecule is COCCN(c1nnc(Cl)c2ccccc12)C1CC1. The Labute approximate surface area is 117 Å². The first-order valence-electron chi connectivity index (χ1n) is 6.47. The Hall–Kier alpha value is -1.39. The third kappa shape index (κ3) is 2.51. The van der Waals surface area contributed by atoms with E-state index < -0.39 is 0 Å². The van der Waals surface area contributed by atoms with Crippen molar-refractivity contribution in [2.24, 2.45) is 0 Å². The van der Waals surface area contributed by atoms with Crippen molar-refractivity contribution in [2.75, 3.05) is 25.2 Å². The van der Waals surface area contributed by atoms with E-state index in [9.17, 15) is 0 Å². The Kier molecular flexibility index (Phi) is 3.53. The lowest BCUT2D eigenvalue weighted by molar-refractivity contribution is 0.205. The number of rotatable bonds is 5. The van der Waals surface area contributed by atoms with E-state index in [0.717, 1.165) is 23.1 Å². The van der Waals surface area contributed by atoms with Crippen LogP contribution in [0.1, 0.15) is 12.8 Å². The van der Waals surface area contributed by atoms with Gasteiger partial charge in [-0.15, -0.1) is 10.2 Å². The van der Waals surface area contributed by atoms with E-state index in [2.05, 4.69) is 15.1 Å². The van der Waals surface area contributed by atoms with Crippen LogP contribution in [0.4, 0.5) is 5.82 Å². The number of anilines is 1. The number of aromatic nitrogens is 2. The number of halogens is 1. The minimum absolute atomic E-state index is 0.460. The zero-order valence-electron chi connectivity index (χ0n) is 10.8. The summed E-state index contributed by atoms with van der Waals surface area (Å²) in [5.74, 6) is 0.916. The molecule has 1 aromatic heterocycles. The summed E-state index contributed by atoms with van der Waals surface area (Å²) < 4.78 is 5.19. The van der Waals surface area contributed by atoms with Crippen LogP contribution >= 0.6 is 11.6 Å². The van der Waals surface area contributed by atoms with Crippen LogP contribution in [0.25, 0.3) is 10.8 Å². The number of ether oxygens (including phenoxy) is 1. The zero-order valence-corrected chi connectivity index (χ0v) is 11.6. The fraction of sp³-hybridized carbons (Fsp3) is 0.429. The molecular formula is C14H16ClN3O. The van der Waals surface area contributed by atoms with Crippen LogP contribution in [0.3, 0.4) is 0 Å². The molecule has 0 N–H and O–H groups in total. The first-order chi connectivity index (χ1) is 9.31. The van der Waals surface area contributed by atoms with Crippen LogP contribution in [0, 0.1) is 0 Å². The molecule has 5 heteroatoms. The van der Waals surface area contributed by atoms with Gasteiger partial charge in [-0.3, -0.25) is 0 Å². The van der Waals surface area contributed by atoms with Crippen LogP contribution < -0.4 is 4.90 Å². The molecule has 0 radical (unpaired) electrons. The van der Waals surface area contributed by atoms with E-state index in [1.807, 2.05) is 24.3 Å². The zero-order chi connectivity index (χ0) is 13.2. The van der Waals surface area contributed by atoms with E-state index in [1.165, 1.54) is 12.8 Å². The van der Waals surface area contributed by atoms with Gasteiger partial charge in [0.1, 0.15) is 0 Å². The van der Waals surface area contributed by atoms with Gasteiger partial charge in [0.15, 0.2) is 11.0 Å². The quantitative estimate of drug-likeness (QED) is 0.842. The molecule has 1 heterocycles. The second kappa shape index (κ2) is 5.31. The Morgan fingerprint density at radius 1 is 1.26 bits per heavy atom. The van der Waals surface area contributed by atoms with Crippen LogP contribution in [-0.2, 0) is 4.74 Å². The Morgan fingerprint density at radius 2 is 2.00 bits per heavy atom. The molecule has 0 atom stereocenters. The van der Waals surface area contributed by atoms with Crippen molar-refractivity contribution in [3.63, 3.8) is 0 Å². The maximum Gasteiger partial charge on any atom is 0.159 e. The molecule has 0 amide bonds. The molecule has 1 aliphatic carbocycles. The average Bonchev–Trinajstić information content (AvgIpc) is 3.26. The normalized spacial score (nSPS) is 14.8. The summed E-state index contributed by atoms with van der Waals surface area (Å²) >= 11 is 6.12. The van der Waals surface area contributed by atoms with Gasteiger partial charge in [0.25, 0.3) is 0 Å². The van der Waals surface area contributed by atoms with Crippen LogP contribution in [0.5, 0.6) is 0 Å². The highest BCUT2D eigenvalue weighted by Gasteiger charge is 2.31. The molecule has 1 fully saturated rings. The molecule has 3 rings (SSSR count). The molecule has 0 bridgehead atoms. The number of benzene rings is 1. The standard InChI is InChI=1S/C14H16ClN3O/c1-19-9-8-18(10-6-7-10)14-12-5-3-2-4-11(12)13(15)16-17-14/h2-5,10H,6-9H2,1H3. The topological polar surface area (TPSA) is 38.2 Å². The van der Waals surface area contributed by atoms with Gasteiger partial charge in [0.2, 0.25) is 0 Å². The predicted molar refractivity (Wildman–Crippen MR) is 76.8 cm³/mol. The molecule has 1 aliphatic rings. The molecule has 0 unspecified atom stereocenters. The van der Waals surface area contributed by atoms with Gasteiger partial charge >= 0.3 is 0 Å². The van der Waals surface area contributed by atoms with Gasteiger partial charge in [-0.1, -0.05) is 35.9 Å². The molecular weight excluding hydrogens is 262 g/mol. The molecule has 100 valence electrons. The maximum absolute atomic E-state index is 6.12. The third-order valence-corrected chi connectivity index (χ3v) is 3.70. The largest absolute Gasteiger partial charge is 0.383 e. The number of hydrogen-bond donors (Lipinski definition) is 0. The summed E-state index contributed by atoms with van der Waals surface area (Å²) in [4.78, 5) is 2.29. The Balaban J connectivity index is 2.05. The van der Waals surface area contributed by atoms with Crippen molar-refractivity contribution < 1.29 is 4.74 Å². The Bertz CT molecular complexity index is 586. The average molecular weight is 278 g/mol. The monoisotopic (exact) mass is 277 g/mol. The Morgan fingerprint density at radius 3 is 2.68 bits per heavy atom. The van der Waals surface area contributed by atoms with Crippen molar-refractivity contribution in [3.8, 4) is 0 Å². The van der Waals surface area contributed by atoms with Crippen LogP contribution in [-0.4, -0.2) is 36.5 Å². The summed E-state index contributed by atoms with van der Waals surface area (Å²) in [6, 6.07) is 8.57. The van der Waals surface area contributed by atoms with Gasteiger partial charge < -0.3 is 9.64 Å². The number of hydrogen-bond acceptors (Lipinski definition) is 4. The van der Waals surface area contributed by atoms with E-state index in [-0.39, 0.29) is 0 Å². The molecule has 1 aromatic carbocycles. The second-order valence-electron chi connectivity index (χ2n) is 4.78. The van der Waals surface area contributed by atoms with Crippen molar-refractivity contribution >= 4 is 28.2 Å². The van der Waals surface area contributed by atoms with E-state index in [4.69, 9.17) is 16.3 Å². The summed E-state index contributed by atoms with van der Waals surface area (Å²) in [5.41, 5.74) is 0. The number of methoxy groups -OCH3 is 1. The summed E-state index contributed by atoms with van der Waals surface area (Å²) in [7, 11) is 1.72. The highest BCUT2D eigenvalue weighted by Crippen LogP contribution is 2.35. The molecule has 2 aromatic rings. The molecule has 19 heavy (non-hydrogen) atoms. The first-order valence-corrected chi connectivity index (χ1v) is 6.85. The van der Waals surface area contributed by atoms with Gasteiger partial charge in [0.05, 0.1) is 6.61 Å². The summed E-state index contributed by atoms with van der Waals surface area (Å²) in [5, 5.41) is 10.9.